The van der Waals surface area contributed by atoms with Crippen LogP contribution in [0.4, 0.5) is 0 Å². The molecule has 5 rings (SSSR count). The van der Waals surface area contributed by atoms with Crippen molar-refractivity contribution in [3.05, 3.63) is 126 Å². The fraction of sp³-hybridized carbons (Fsp3) is 0.188. The average Bonchev–Trinajstić information content (AvgIpc) is 2.96. The lowest BCUT2D eigenvalue weighted by atomic mass is 9.89. The first-order chi connectivity index (χ1) is 18.2. The molecule has 0 heterocycles. The summed E-state index contributed by atoms with van der Waals surface area (Å²) in [7, 11) is -0.908. The molecule has 2 atom stereocenters. The summed E-state index contributed by atoms with van der Waals surface area (Å²) in [6, 6.07) is 37.8. The summed E-state index contributed by atoms with van der Waals surface area (Å²) in [5.74, 6) is -0.176. The number of amides is 2. The first kappa shape index (κ1) is 24.9. The summed E-state index contributed by atoms with van der Waals surface area (Å²) in [5, 5.41) is 9.92. The monoisotopic (exact) mass is 506 g/mol. The maximum Gasteiger partial charge on any atom is 0.252 e. The van der Waals surface area contributed by atoms with Crippen LogP contribution < -0.4 is 26.5 Å². The molecule has 0 aromatic heterocycles. The summed E-state index contributed by atoms with van der Waals surface area (Å²) >= 11 is 0. The third-order valence-electron chi connectivity index (χ3n) is 6.85. The zero-order chi connectivity index (χ0) is 25.5. The van der Waals surface area contributed by atoms with Crippen molar-refractivity contribution in [3.8, 4) is 0 Å². The number of nitrogens with one attached hydrogen (secondary N) is 2. The van der Waals surface area contributed by atoms with Crippen molar-refractivity contribution in [1.29, 1.82) is 0 Å². The molecule has 1 fully saturated rings. The second-order valence-corrected chi connectivity index (χ2v) is 11.5. The molecule has 0 spiro atoms. The van der Waals surface area contributed by atoms with Gasteiger partial charge >= 0.3 is 0 Å². The Kier molecular flexibility index (Phi) is 8.08. The normalized spacial score (nSPS) is 17.2. The van der Waals surface area contributed by atoms with E-state index in [2.05, 4.69) is 65.2 Å². The van der Waals surface area contributed by atoms with Crippen LogP contribution in [0.3, 0.4) is 0 Å². The lowest BCUT2D eigenvalue weighted by Gasteiger charge is -2.33. The largest absolute Gasteiger partial charge is 0.347 e. The number of carbonyl (C=O) groups excluding carboxylic acids is 2. The van der Waals surface area contributed by atoms with E-state index in [-0.39, 0.29) is 23.9 Å². The molecule has 2 N–H and O–H groups in total. The number of rotatable bonds is 7. The Bertz CT molecular complexity index is 1290. The molecule has 1 saturated carbocycles. The van der Waals surface area contributed by atoms with Crippen molar-refractivity contribution in [2.45, 2.75) is 37.8 Å². The van der Waals surface area contributed by atoms with E-state index in [0.717, 1.165) is 31.0 Å². The molecule has 186 valence electrons. The second-order valence-electron chi connectivity index (χ2n) is 9.33. The van der Waals surface area contributed by atoms with Gasteiger partial charge < -0.3 is 10.6 Å². The van der Waals surface area contributed by atoms with Gasteiger partial charge in [-0.05, 0) is 54.9 Å². The zero-order valence-electron chi connectivity index (χ0n) is 20.7. The summed E-state index contributed by atoms with van der Waals surface area (Å²) < 4.78 is 0. The van der Waals surface area contributed by atoms with E-state index in [9.17, 15) is 9.59 Å². The Hall–Kier alpha value is -3.75. The van der Waals surface area contributed by atoms with Crippen molar-refractivity contribution in [2.24, 2.45) is 0 Å². The quantitative estimate of drug-likeness (QED) is 0.350. The maximum absolute atomic E-state index is 13.8. The highest BCUT2D eigenvalue weighted by Gasteiger charge is 2.30. The summed E-state index contributed by atoms with van der Waals surface area (Å²) in [4.78, 5) is 26.6. The number of hydrogen-bond acceptors (Lipinski definition) is 2. The lowest BCUT2D eigenvalue weighted by molar-refractivity contribution is 0.0863. The van der Waals surface area contributed by atoms with Gasteiger partial charge in [0.1, 0.15) is 0 Å². The molecule has 1 aliphatic carbocycles. The zero-order valence-corrected chi connectivity index (χ0v) is 21.6. The first-order valence-corrected chi connectivity index (χ1v) is 14.2. The summed E-state index contributed by atoms with van der Waals surface area (Å²) in [5.41, 5.74) is 1.33. The Morgan fingerprint density at radius 1 is 0.568 bits per heavy atom. The summed E-state index contributed by atoms with van der Waals surface area (Å²) in [6.07, 6.45) is 3.77. The van der Waals surface area contributed by atoms with Crippen LogP contribution in [0.15, 0.2) is 115 Å². The third kappa shape index (κ3) is 5.98. The number of benzene rings is 4. The van der Waals surface area contributed by atoms with Crippen LogP contribution in [0, 0.1) is 0 Å². The minimum absolute atomic E-state index is 0.0826. The third-order valence-corrected chi connectivity index (χ3v) is 9.35. The minimum atomic E-state index is -0.908. The molecule has 0 saturated heterocycles. The predicted molar refractivity (Wildman–Crippen MR) is 153 cm³/mol. The topological polar surface area (TPSA) is 58.2 Å². The van der Waals surface area contributed by atoms with Crippen LogP contribution in [0.1, 0.15) is 46.4 Å². The molecule has 4 aromatic rings. The van der Waals surface area contributed by atoms with E-state index in [1.54, 1.807) is 0 Å². The van der Waals surface area contributed by atoms with Crippen LogP contribution in [0.5, 0.6) is 0 Å². The minimum Gasteiger partial charge on any atom is -0.347 e. The SMILES string of the molecule is O=C(N[C@H]1CCCC[C@@H]1NC(=O)c1ccccc1P(c1ccccc1)c1ccccc1)c1ccccc1. The standard InChI is InChI=1S/C32H31N2O2P/c35-31(24-14-4-1-5-15-24)33-28-21-11-12-22-29(28)34-32(36)27-20-10-13-23-30(27)37(25-16-6-2-7-17-25)26-18-8-3-9-19-26/h1-10,13-20,23,28-29H,11-12,21-22H2,(H,33,35)(H,34,36)/t28-,29-/m0/s1. The number of carbonyl (C=O) groups is 2. The van der Waals surface area contributed by atoms with Gasteiger partial charge in [-0.15, -0.1) is 0 Å². The summed E-state index contributed by atoms with van der Waals surface area (Å²) in [6.45, 7) is 0. The Morgan fingerprint density at radius 3 is 1.59 bits per heavy atom. The predicted octanol–water partition coefficient (Wildman–Crippen LogP) is 4.92. The van der Waals surface area contributed by atoms with E-state index in [1.165, 1.54) is 10.6 Å². The molecule has 0 unspecified atom stereocenters. The molecule has 4 nitrogen and oxygen atoms in total. The molecular formula is C32H31N2O2P. The van der Waals surface area contributed by atoms with Crippen molar-refractivity contribution >= 4 is 35.6 Å². The van der Waals surface area contributed by atoms with Crippen LogP contribution in [0.2, 0.25) is 0 Å². The molecule has 4 aromatic carbocycles. The van der Waals surface area contributed by atoms with E-state index in [4.69, 9.17) is 0 Å². The highest BCUT2D eigenvalue weighted by Crippen LogP contribution is 2.34. The molecule has 2 amide bonds. The van der Waals surface area contributed by atoms with Crippen LogP contribution in [0.25, 0.3) is 0 Å². The van der Waals surface area contributed by atoms with Crippen LogP contribution in [-0.2, 0) is 0 Å². The van der Waals surface area contributed by atoms with E-state index in [0.29, 0.717) is 11.1 Å². The average molecular weight is 507 g/mol. The molecule has 0 aliphatic heterocycles. The van der Waals surface area contributed by atoms with Gasteiger partial charge in [-0.25, -0.2) is 0 Å². The molecule has 5 heteroatoms. The lowest BCUT2D eigenvalue weighted by Crippen LogP contribution is -2.53. The maximum atomic E-state index is 13.8. The molecule has 37 heavy (non-hydrogen) atoms. The molecular weight excluding hydrogens is 475 g/mol. The van der Waals surface area contributed by atoms with Gasteiger partial charge in [-0.1, -0.05) is 110 Å². The molecule has 0 bridgehead atoms. The van der Waals surface area contributed by atoms with Crippen LogP contribution in [-0.4, -0.2) is 23.9 Å². The first-order valence-electron chi connectivity index (χ1n) is 12.9. The van der Waals surface area contributed by atoms with E-state index < -0.39 is 7.92 Å². The highest BCUT2D eigenvalue weighted by molar-refractivity contribution is 7.80. The highest BCUT2D eigenvalue weighted by atomic mass is 31.1. The molecule has 0 radical (unpaired) electrons. The Labute approximate surface area is 219 Å². The van der Waals surface area contributed by atoms with E-state index >= 15 is 0 Å². The van der Waals surface area contributed by atoms with Crippen molar-refractivity contribution < 1.29 is 9.59 Å². The van der Waals surface area contributed by atoms with Gasteiger partial charge in [-0.3, -0.25) is 9.59 Å². The van der Waals surface area contributed by atoms with Gasteiger partial charge in [-0.2, -0.15) is 0 Å². The fourth-order valence-corrected chi connectivity index (χ4v) is 7.45. The van der Waals surface area contributed by atoms with Gasteiger partial charge in [0.25, 0.3) is 11.8 Å². The van der Waals surface area contributed by atoms with Crippen molar-refractivity contribution in [3.63, 3.8) is 0 Å². The number of hydrogen-bond donors (Lipinski definition) is 2. The smallest absolute Gasteiger partial charge is 0.252 e. The van der Waals surface area contributed by atoms with Gasteiger partial charge in [0.15, 0.2) is 0 Å². The second kappa shape index (κ2) is 12.0. The van der Waals surface area contributed by atoms with Crippen molar-refractivity contribution in [2.75, 3.05) is 0 Å². The molecule has 1 aliphatic rings. The van der Waals surface area contributed by atoms with E-state index in [1.807, 2.05) is 60.7 Å². The van der Waals surface area contributed by atoms with Gasteiger partial charge in [0, 0.05) is 23.2 Å². The Balaban J connectivity index is 1.41. The Morgan fingerprint density at radius 2 is 1.03 bits per heavy atom. The van der Waals surface area contributed by atoms with Crippen molar-refractivity contribution in [1.82, 2.24) is 10.6 Å². The van der Waals surface area contributed by atoms with Crippen LogP contribution >= 0.6 is 7.92 Å². The van der Waals surface area contributed by atoms with Gasteiger partial charge in [0.05, 0.1) is 0 Å². The fourth-order valence-electron chi connectivity index (χ4n) is 5.01. The van der Waals surface area contributed by atoms with Gasteiger partial charge in [0.2, 0.25) is 0 Å².